The zero-order valence-corrected chi connectivity index (χ0v) is 16.9. The van der Waals surface area contributed by atoms with Gasteiger partial charge in [-0.2, -0.15) is 0 Å². The van der Waals surface area contributed by atoms with E-state index in [0.717, 1.165) is 12.8 Å². The molecule has 30 heavy (non-hydrogen) atoms. The molecule has 0 spiro atoms. The van der Waals surface area contributed by atoms with E-state index in [2.05, 4.69) is 10.6 Å². The van der Waals surface area contributed by atoms with Crippen LogP contribution in [0.1, 0.15) is 43.0 Å². The number of piperidine rings is 1. The number of carbonyl (C=O) groups is 2. The van der Waals surface area contributed by atoms with Crippen molar-refractivity contribution in [2.45, 2.75) is 50.7 Å². The molecular weight excluding hydrogens is 385 g/mol. The molecule has 0 radical (unpaired) electrons. The van der Waals surface area contributed by atoms with Gasteiger partial charge in [0.05, 0.1) is 12.3 Å². The molecule has 7 heteroatoms. The van der Waals surface area contributed by atoms with Gasteiger partial charge in [-0.3, -0.25) is 4.79 Å². The summed E-state index contributed by atoms with van der Waals surface area (Å²) in [7, 11) is 0. The summed E-state index contributed by atoms with van der Waals surface area (Å²) in [6.07, 6.45) is 3.27. The Bertz CT molecular complexity index is 904. The smallest absolute Gasteiger partial charge is 0.322 e. The lowest BCUT2D eigenvalue weighted by Crippen LogP contribution is -2.53. The predicted molar refractivity (Wildman–Crippen MR) is 112 cm³/mol. The van der Waals surface area contributed by atoms with E-state index >= 15 is 0 Å². The minimum atomic E-state index is -0.366. The molecule has 3 amide bonds. The molecule has 2 aliphatic heterocycles. The number of amides is 3. The van der Waals surface area contributed by atoms with Gasteiger partial charge < -0.3 is 20.3 Å². The van der Waals surface area contributed by atoms with Crippen molar-refractivity contribution in [1.82, 2.24) is 10.2 Å². The van der Waals surface area contributed by atoms with E-state index in [-0.39, 0.29) is 35.9 Å². The number of benzene rings is 2. The number of nitrogens with zero attached hydrogens (tertiary/aromatic N) is 1. The SMILES string of the molecule is CCOc1ccccc1NC(=O)N1C2CCC1CC(NC(=O)c1ccc(F)cc1)C2. The van der Waals surface area contributed by atoms with Crippen molar-refractivity contribution in [2.75, 3.05) is 11.9 Å². The fraction of sp³-hybridized carbons (Fsp3) is 0.391. The molecule has 6 nitrogen and oxygen atoms in total. The van der Waals surface area contributed by atoms with Crippen LogP contribution in [0, 0.1) is 5.82 Å². The summed E-state index contributed by atoms with van der Waals surface area (Å²) in [6.45, 7) is 2.43. The Morgan fingerprint density at radius 3 is 2.40 bits per heavy atom. The molecule has 0 aromatic heterocycles. The van der Waals surface area contributed by atoms with Crippen LogP contribution in [0.5, 0.6) is 5.75 Å². The number of urea groups is 1. The second-order valence-electron chi connectivity index (χ2n) is 7.80. The molecule has 2 heterocycles. The molecule has 2 aromatic carbocycles. The highest BCUT2D eigenvalue weighted by atomic mass is 19.1. The first-order valence-corrected chi connectivity index (χ1v) is 10.4. The summed E-state index contributed by atoms with van der Waals surface area (Å²) in [4.78, 5) is 27.4. The van der Waals surface area contributed by atoms with Gasteiger partial charge in [0, 0.05) is 23.7 Å². The Balaban J connectivity index is 1.39. The largest absolute Gasteiger partial charge is 0.492 e. The van der Waals surface area contributed by atoms with E-state index < -0.39 is 0 Å². The number of hydrogen-bond donors (Lipinski definition) is 2. The Morgan fingerprint density at radius 1 is 1.07 bits per heavy atom. The van der Waals surface area contributed by atoms with Crippen LogP contribution in [-0.2, 0) is 0 Å². The van der Waals surface area contributed by atoms with Gasteiger partial charge in [0.25, 0.3) is 5.91 Å². The molecule has 0 aliphatic carbocycles. The van der Waals surface area contributed by atoms with Crippen molar-refractivity contribution in [3.63, 3.8) is 0 Å². The molecule has 2 aromatic rings. The molecule has 158 valence electrons. The van der Waals surface area contributed by atoms with Crippen molar-refractivity contribution in [3.8, 4) is 5.75 Å². The fourth-order valence-electron chi connectivity index (χ4n) is 4.53. The summed E-state index contributed by atoms with van der Waals surface area (Å²) in [5.74, 6) is 0.0833. The first-order chi connectivity index (χ1) is 14.5. The van der Waals surface area contributed by atoms with Gasteiger partial charge in [-0.15, -0.1) is 0 Å². The number of fused-ring (bicyclic) bond motifs is 2. The molecular formula is C23H26FN3O3. The molecule has 2 bridgehead atoms. The van der Waals surface area contributed by atoms with E-state index in [9.17, 15) is 14.0 Å². The van der Waals surface area contributed by atoms with Crippen LogP contribution in [0.15, 0.2) is 48.5 Å². The number of nitrogens with one attached hydrogen (secondary N) is 2. The first-order valence-electron chi connectivity index (χ1n) is 10.4. The van der Waals surface area contributed by atoms with Gasteiger partial charge in [-0.1, -0.05) is 12.1 Å². The molecule has 2 fully saturated rings. The van der Waals surface area contributed by atoms with Crippen LogP contribution < -0.4 is 15.4 Å². The minimum Gasteiger partial charge on any atom is -0.492 e. The first kappa shape index (κ1) is 20.2. The van der Waals surface area contributed by atoms with Crippen LogP contribution >= 0.6 is 0 Å². The number of rotatable bonds is 5. The number of ether oxygens (including phenoxy) is 1. The van der Waals surface area contributed by atoms with Crippen molar-refractivity contribution in [2.24, 2.45) is 0 Å². The lowest BCUT2D eigenvalue weighted by Gasteiger charge is -2.39. The second-order valence-corrected chi connectivity index (χ2v) is 7.80. The lowest BCUT2D eigenvalue weighted by atomic mass is 9.97. The molecule has 2 saturated heterocycles. The maximum absolute atomic E-state index is 13.1. The van der Waals surface area contributed by atoms with Crippen molar-refractivity contribution in [1.29, 1.82) is 0 Å². The molecule has 2 aliphatic rings. The number of carbonyl (C=O) groups excluding carboxylic acids is 2. The van der Waals surface area contributed by atoms with Gasteiger partial charge >= 0.3 is 6.03 Å². The van der Waals surface area contributed by atoms with Crippen molar-refractivity contribution in [3.05, 3.63) is 59.9 Å². The van der Waals surface area contributed by atoms with Crippen molar-refractivity contribution >= 4 is 17.6 Å². The summed E-state index contributed by atoms with van der Waals surface area (Å²) in [6, 6.07) is 13.0. The monoisotopic (exact) mass is 411 g/mol. The molecule has 0 saturated carbocycles. The summed E-state index contributed by atoms with van der Waals surface area (Å²) in [5.41, 5.74) is 1.10. The van der Waals surface area contributed by atoms with E-state index in [4.69, 9.17) is 4.74 Å². The standard InChI is InChI=1S/C23H26FN3O3/c1-2-30-21-6-4-3-5-20(21)26-23(29)27-18-11-12-19(27)14-17(13-18)25-22(28)15-7-9-16(24)10-8-15/h3-10,17-19H,2,11-14H2,1H3,(H,25,28)(H,26,29). The van der Waals surface area contributed by atoms with Gasteiger partial charge in [0.15, 0.2) is 0 Å². The van der Waals surface area contributed by atoms with Gasteiger partial charge in [-0.05, 0) is 69.0 Å². The molecule has 4 rings (SSSR count). The van der Waals surface area contributed by atoms with Crippen LogP contribution in [0.4, 0.5) is 14.9 Å². The van der Waals surface area contributed by atoms with Crippen molar-refractivity contribution < 1.29 is 18.7 Å². The third kappa shape index (κ3) is 4.25. The Kier molecular flexibility index (Phi) is 5.88. The zero-order chi connectivity index (χ0) is 21.1. The van der Waals surface area contributed by atoms with E-state index in [1.807, 2.05) is 36.1 Å². The summed E-state index contributed by atoms with van der Waals surface area (Å²) < 4.78 is 18.7. The van der Waals surface area contributed by atoms with Crippen LogP contribution in [0.2, 0.25) is 0 Å². The predicted octanol–water partition coefficient (Wildman–Crippen LogP) is 4.18. The van der Waals surface area contributed by atoms with Gasteiger partial charge in [0.1, 0.15) is 11.6 Å². The summed E-state index contributed by atoms with van der Waals surface area (Å²) >= 11 is 0. The Morgan fingerprint density at radius 2 is 1.73 bits per heavy atom. The van der Waals surface area contributed by atoms with Crippen LogP contribution in [-0.4, -0.2) is 41.6 Å². The number of halogens is 1. The maximum Gasteiger partial charge on any atom is 0.322 e. The lowest BCUT2D eigenvalue weighted by molar-refractivity contribution is 0.0891. The van der Waals surface area contributed by atoms with E-state index in [1.165, 1.54) is 24.3 Å². The zero-order valence-electron chi connectivity index (χ0n) is 16.9. The highest BCUT2D eigenvalue weighted by Gasteiger charge is 2.43. The van der Waals surface area contributed by atoms with Gasteiger partial charge in [-0.25, -0.2) is 9.18 Å². The summed E-state index contributed by atoms with van der Waals surface area (Å²) in [5, 5.41) is 6.04. The maximum atomic E-state index is 13.1. The Labute approximate surface area is 175 Å². The van der Waals surface area contributed by atoms with Crippen LogP contribution in [0.25, 0.3) is 0 Å². The van der Waals surface area contributed by atoms with Crippen LogP contribution in [0.3, 0.4) is 0 Å². The van der Waals surface area contributed by atoms with E-state index in [1.54, 1.807) is 0 Å². The third-order valence-electron chi connectivity index (χ3n) is 5.84. The van der Waals surface area contributed by atoms with E-state index in [0.29, 0.717) is 36.4 Å². The Hall–Kier alpha value is -3.09. The highest BCUT2D eigenvalue weighted by Crippen LogP contribution is 2.37. The topological polar surface area (TPSA) is 70.7 Å². The number of anilines is 1. The average molecular weight is 411 g/mol. The number of para-hydroxylation sites is 2. The molecule has 2 atom stereocenters. The third-order valence-corrected chi connectivity index (χ3v) is 5.84. The second kappa shape index (κ2) is 8.73. The highest BCUT2D eigenvalue weighted by molar-refractivity contribution is 5.94. The average Bonchev–Trinajstić information content (AvgIpc) is 3.01. The fourth-order valence-corrected chi connectivity index (χ4v) is 4.53. The minimum absolute atomic E-state index is 0.000172. The molecule has 2 N–H and O–H groups in total. The quantitative estimate of drug-likeness (QED) is 0.775. The number of hydrogen-bond acceptors (Lipinski definition) is 3. The normalized spacial score (nSPS) is 22.5. The molecule has 2 unspecified atom stereocenters. The van der Waals surface area contributed by atoms with Gasteiger partial charge in [0.2, 0.25) is 0 Å².